The van der Waals surface area contributed by atoms with E-state index in [4.69, 9.17) is 9.84 Å². The van der Waals surface area contributed by atoms with Crippen LogP contribution >= 0.6 is 0 Å². The van der Waals surface area contributed by atoms with Crippen LogP contribution in [-0.2, 0) is 19.1 Å². The Morgan fingerprint density at radius 2 is 2.00 bits per heavy atom. The van der Waals surface area contributed by atoms with Gasteiger partial charge in [0.15, 0.2) is 0 Å². The average molecular weight is 380 g/mol. The number of rotatable bonds is 8. The van der Waals surface area contributed by atoms with Gasteiger partial charge in [-0.05, 0) is 39.5 Å². The number of hydrogen-bond donors (Lipinski definition) is 2. The summed E-state index contributed by atoms with van der Waals surface area (Å²) in [6, 6.07) is -0.678. The molecule has 1 aliphatic carbocycles. The minimum absolute atomic E-state index is 0.0418. The molecule has 0 spiro atoms. The lowest BCUT2D eigenvalue weighted by Gasteiger charge is -2.32. The van der Waals surface area contributed by atoms with Crippen LogP contribution in [0.3, 0.4) is 0 Å². The van der Waals surface area contributed by atoms with Crippen LogP contribution in [0.15, 0.2) is 12.2 Å². The molecule has 0 aromatic heterocycles. The average Bonchev–Trinajstić information content (AvgIpc) is 2.87. The van der Waals surface area contributed by atoms with Crippen LogP contribution in [0, 0.1) is 23.7 Å². The van der Waals surface area contributed by atoms with Crippen molar-refractivity contribution in [1.29, 1.82) is 0 Å². The highest BCUT2D eigenvalue weighted by Gasteiger charge is 2.56. The van der Waals surface area contributed by atoms with Crippen molar-refractivity contribution in [2.24, 2.45) is 23.7 Å². The van der Waals surface area contributed by atoms with Gasteiger partial charge < -0.3 is 20.1 Å². The predicted molar refractivity (Wildman–Crippen MR) is 101 cm³/mol. The number of allylic oxidation sites excluding steroid dienone is 1. The van der Waals surface area contributed by atoms with Gasteiger partial charge in [0.1, 0.15) is 6.04 Å². The first-order chi connectivity index (χ1) is 12.8. The molecule has 1 fully saturated rings. The summed E-state index contributed by atoms with van der Waals surface area (Å²) < 4.78 is 5.23. The molecule has 2 amide bonds. The first-order valence-electron chi connectivity index (χ1n) is 9.90. The Kier molecular flexibility index (Phi) is 7.41. The summed E-state index contributed by atoms with van der Waals surface area (Å²) in [6.45, 7) is 8.09. The topological polar surface area (TPSA) is 95.9 Å². The lowest BCUT2D eigenvalue weighted by atomic mass is 9.70. The number of amides is 2. The fraction of sp³-hybridized carbons (Fsp3) is 0.750. The molecule has 1 aliphatic heterocycles. The molecule has 0 bridgehead atoms. The minimum Gasteiger partial charge on any atom is -0.466 e. The van der Waals surface area contributed by atoms with Crippen molar-refractivity contribution in [2.75, 3.05) is 19.8 Å². The van der Waals surface area contributed by atoms with E-state index in [1.165, 1.54) is 0 Å². The lowest BCUT2D eigenvalue weighted by Crippen LogP contribution is -2.49. The highest BCUT2D eigenvalue weighted by atomic mass is 16.5. The summed E-state index contributed by atoms with van der Waals surface area (Å²) in [4.78, 5) is 40.3. The maximum Gasteiger partial charge on any atom is 0.310 e. The van der Waals surface area contributed by atoms with Gasteiger partial charge in [0.05, 0.1) is 18.4 Å². The number of carbonyl (C=O) groups excluding carboxylic acids is 3. The Morgan fingerprint density at radius 3 is 2.59 bits per heavy atom. The van der Waals surface area contributed by atoms with E-state index in [0.29, 0.717) is 19.4 Å². The number of hydrogen-bond acceptors (Lipinski definition) is 5. The van der Waals surface area contributed by atoms with Gasteiger partial charge in [-0.3, -0.25) is 14.4 Å². The molecule has 5 atom stereocenters. The van der Waals surface area contributed by atoms with Crippen molar-refractivity contribution >= 4 is 17.8 Å². The number of aliphatic hydroxyl groups is 1. The number of aliphatic hydroxyl groups excluding tert-OH is 1. The third-order valence-electron chi connectivity index (χ3n) is 5.34. The van der Waals surface area contributed by atoms with Gasteiger partial charge in [-0.15, -0.1) is 0 Å². The molecule has 152 valence electrons. The molecule has 27 heavy (non-hydrogen) atoms. The zero-order valence-electron chi connectivity index (χ0n) is 16.7. The van der Waals surface area contributed by atoms with Gasteiger partial charge in [0.25, 0.3) is 0 Å². The highest BCUT2D eigenvalue weighted by molar-refractivity contribution is 5.96. The number of esters is 1. The van der Waals surface area contributed by atoms with Crippen molar-refractivity contribution < 1.29 is 24.2 Å². The first kappa shape index (κ1) is 21.4. The molecule has 1 saturated heterocycles. The summed E-state index contributed by atoms with van der Waals surface area (Å²) >= 11 is 0. The third kappa shape index (κ3) is 4.51. The number of unbranched alkanes of at least 4 members (excludes halogenated alkanes) is 1. The molecular formula is C20H32N2O5. The van der Waals surface area contributed by atoms with E-state index in [0.717, 1.165) is 0 Å². The number of fused-ring (bicyclic) bond motifs is 1. The van der Waals surface area contributed by atoms with Crippen LogP contribution in [0.2, 0.25) is 0 Å². The highest BCUT2D eigenvalue weighted by Crippen LogP contribution is 2.44. The fourth-order valence-electron chi connectivity index (χ4n) is 4.19. The number of carbonyl (C=O) groups is 3. The van der Waals surface area contributed by atoms with Crippen LogP contribution in [0.4, 0.5) is 0 Å². The maximum absolute atomic E-state index is 13.2. The normalized spacial score (nSPS) is 29.8. The molecular weight excluding hydrogens is 348 g/mol. The van der Waals surface area contributed by atoms with Gasteiger partial charge in [0.2, 0.25) is 11.8 Å². The van der Waals surface area contributed by atoms with Crippen molar-refractivity contribution in [3.63, 3.8) is 0 Å². The predicted octanol–water partition coefficient (Wildman–Crippen LogP) is 1.11. The molecule has 0 saturated carbocycles. The van der Waals surface area contributed by atoms with Gasteiger partial charge in [-0.2, -0.15) is 0 Å². The largest absolute Gasteiger partial charge is 0.466 e. The van der Waals surface area contributed by atoms with Gasteiger partial charge in [-0.25, -0.2) is 0 Å². The molecule has 0 unspecified atom stereocenters. The Balaban J connectivity index is 2.35. The number of ether oxygens (including phenoxy) is 1. The summed E-state index contributed by atoms with van der Waals surface area (Å²) in [5, 5.41) is 12.0. The maximum atomic E-state index is 13.2. The summed E-state index contributed by atoms with van der Waals surface area (Å²) in [6.07, 6.45) is 5.00. The fourth-order valence-corrected chi connectivity index (χ4v) is 4.19. The van der Waals surface area contributed by atoms with Crippen LogP contribution in [0.25, 0.3) is 0 Å². The van der Waals surface area contributed by atoms with Gasteiger partial charge in [0, 0.05) is 25.1 Å². The first-order valence-corrected chi connectivity index (χ1v) is 9.90. The quantitative estimate of drug-likeness (QED) is 0.374. The lowest BCUT2D eigenvalue weighted by molar-refractivity contribution is -0.155. The minimum atomic E-state index is -0.635. The summed E-state index contributed by atoms with van der Waals surface area (Å²) in [5.74, 6) is -2.38. The molecule has 2 rings (SSSR count). The third-order valence-corrected chi connectivity index (χ3v) is 5.34. The molecule has 0 aromatic rings. The monoisotopic (exact) mass is 380 g/mol. The van der Waals surface area contributed by atoms with Crippen molar-refractivity contribution in [3.05, 3.63) is 12.2 Å². The SMILES string of the molecule is CCOC(=O)[C@H]1[C@@H]2C(=O)N(CCCCO)[C@H](C(=O)NC(C)C)[C@H]2C=C[C@H]1C. The Morgan fingerprint density at radius 1 is 1.30 bits per heavy atom. The van der Waals surface area contributed by atoms with E-state index in [-0.39, 0.29) is 48.9 Å². The number of nitrogens with zero attached hydrogens (tertiary/aromatic N) is 1. The van der Waals surface area contributed by atoms with E-state index in [2.05, 4.69) is 5.32 Å². The van der Waals surface area contributed by atoms with Gasteiger partial charge in [-0.1, -0.05) is 19.1 Å². The smallest absolute Gasteiger partial charge is 0.310 e. The van der Waals surface area contributed by atoms with Crippen LogP contribution < -0.4 is 5.32 Å². The Bertz CT molecular complexity index is 589. The van der Waals surface area contributed by atoms with Gasteiger partial charge >= 0.3 is 5.97 Å². The van der Waals surface area contributed by atoms with Crippen LogP contribution in [0.5, 0.6) is 0 Å². The van der Waals surface area contributed by atoms with Crippen LogP contribution in [-0.4, -0.2) is 59.6 Å². The molecule has 1 heterocycles. The second-order valence-corrected chi connectivity index (χ2v) is 7.70. The molecule has 2 N–H and O–H groups in total. The summed E-state index contributed by atoms with van der Waals surface area (Å²) in [7, 11) is 0. The molecule has 0 radical (unpaired) electrons. The van der Waals surface area contributed by atoms with Crippen molar-refractivity contribution in [3.8, 4) is 0 Å². The Hall–Kier alpha value is -1.89. The second-order valence-electron chi connectivity index (χ2n) is 7.70. The Labute approximate surface area is 161 Å². The number of nitrogens with one attached hydrogen (secondary N) is 1. The zero-order valence-corrected chi connectivity index (χ0v) is 16.7. The van der Waals surface area contributed by atoms with Crippen LogP contribution in [0.1, 0.15) is 40.5 Å². The van der Waals surface area contributed by atoms with E-state index >= 15 is 0 Å². The van der Waals surface area contributed by atoms with E-state index < -0.39 is 17.9 Å². The zero-order chi connectivity index (χ0) is 20.1. The molecule has 7 heteroatoms. The second kappa shape index (κ2) is 9.35. The van der Waals surface area contributed by atoms with E-state index in [1.807, 2.05) is 32.9 Å². The molecule has 2 aliphatic rings. The van der Waals surface area contributed by atoms with E-state index in [1.54, 1.807) is 11.8 Å². The van der Waals surface area contributed by atoms with Crippen molar-refractivity contribution in [1.82, 2.24) is 10.2 Å². The molecule has 0 aromatic carbocycles. The van der Waals surface area contributed by atoms with Crippen molar-refractivity contribution in [2.45, 2.75) is 52.6 Å². The standard InChI is InChI=1S/C20H32N2O5/c1-5-27-20(26)15-13(4)8-9-14-16(15)19(25)22(10-6-7-11-23)17(14)18(24)21-12(2)3/h8-9,12-17,23H,5-7,10-11H2,1-4H3,(H,21,24)/t13-,14+,15-,16-,17+/m1/s1. The molecule has 7 nitrogen and oxygen atoms in total. The van der Waals surface area contributed by atoms with E-state index in [9.17, 15) is 14.4 Å². The summed E-state index contributed by atoms with van der Waals surface area (Å²) in [5.41, 5.74) is 0. The number of likely N-dealkylation sites (tertiary alicyclic amines) is 1.